The fraction of sp³-hybridized carbons (Fsp3) is 0.350. The highest BCUT2D eigenvalue weighted by molar-refractivity contribution is 5.35. The summed E-state index contributed by atoms with van der Waals surface area (Å²) in [6.45, 7) is 2.02. The molecule has 0 aliphatic rings. The Balaban J connectivity index is 2.07. The lowest BCUT2D eigenvalue weighted by Gasteiger charge is -2.25. The fourth-order valence-electron chi connectivity index (χ4n) is 2.53. The van der Waals surface area contributed by atoms with Crippen molar-refractivity contribution in [3.8, 4) is 11.5 Å². The Morgan fingerprint density at radius 3 is 2.52 bits per heavy atom. The van der Waals surface area contributed by atoms with Gasteiger partial charge < -0.3 is 9.47 Å². The molecule has 0 fully saturated rings. The average Bonchev–Trinajstić information content (AvgIpc) is 2.58. The molecule has 0 N–H and O–H groups in total. The molecule has 0 aliphatic heterocycles. The van der Waals surface area contributed by atoms with Gasteiger partial charge in [-0.2, -0.15) is 0 Å². The standard InChI is InChI=1S/C20H26NO2/c1-5-20(21(2)3)23-19-12-7-6-10-17(19)14-13-16-9-8-11-18(15-16)22-4/h5-12,15,20H,13-14H2,1-4H3/t20-/m0/s1. The van der Waals surface area contributed by atoms with E-state index in [1.54, 1.807) is 7.11 Å². The molecule has 2 rings (SSSR count). The quantitative estimate of drug-likeness (QED) is 0.688. The van der Waals surface area contributed by atoms with Crippen LogP contribution in [0.5, 0.6) is 11.5 Å². The first-order valence-electron chi connectivity index (χ1n) is 7.97. The van der Waals surface area contributed by atoms with Gasteiger partial charge in [0, 0.05) is 6.42 Å². The van der Waals surface area contributed by atoms with Crippen LogP contribution in [0.3, 0.4) is 0 Å². The fourth-order valence-corrected chi connectivity index (χ4v) is 2.53. The van der Waals surface area contributed by atoms with Gasteiger partial charge in [0.25, 0.3) is 0 Å². The third kappa shape index (κ3) is 5.00. The van der Waals surface area contributed by atoms with E-state index < -0.39 is 0 Å². The van der Waals surface area contributed by atoms with E-state index in [1.165, 1.54) is 11.1 Å². The molecule has 123 valence electrons. The van der Waals surface area contributed by atoms with Gasteiger partial charge in [-0.1, -0.05) is 37.3 Å². The second kappa shape index (κ2) is 8.59. The van der Waals surface area contributed by atoms with Crippen molar-refractivity contribution >= 4 is 0 Å². The summed E-state index contributed by atoms with van der Waals surface area (Å²) in [5.41, 5.74) is 2.49. The maximum absolute atomic E-state index is 6.14. The molecule has 2 aromatic rings. The van der Waals surface area contributed by atoms with Gasteiger partial charge in [0.05, 0.1) is 7.11 Å². The lowest BCUT2D eigenvalue weighted by molar-refractivity contribution is 0.0922. The Bertz CT molecular complexity index is 610. The van der Waals surface area contributed by atoms with E-state index in [1.807, 2.05) is 45.3 Å². The summed E-state index contributed by atoms with van der Waals surface area (Å²) in [5, 5.41) is 0. The van der Waals surface area contributed by atoms with E-state index in [2.05, 4.69) is 35.6 Å². The minimum Gasteiger partial charge on any atom is -0.497 e. The van der Waals surface area contributed by atoms with Gasteiger partial charge in [0.1, 0.15) is 11.5 Å². The lowest BCUT2D eigenvalue weighted by Crippen LogP contribution is -2.33. The Morgan fingerprint density at radius 1 is 1.04 bits per heavy atom. The zero-order valence-corrected chi connectivity index (χ0v) is 14.5. The van der Waals surface area contributed by atoms with Crippen LogP contribution in [0.4, 0.5) is 0 Å². The maximum atomic E-state index is 6.14. The monoisotopic (exact) mass is 312 g/mol. The molecular formula is C20H26NO2. The molecule has 0 spiro atoms. The molecule has 23 heavy (non-hydrogen) atoms. The van der Waals surface area contributed by atoms with Gasteiger partial charge in [-0.25, -0.2) is 0 Å². The van der Waals surface area contributed by atoms with Crippen molar-refractivity contribution < 1.29 is 9.47 Å². The number of methoxy groups -OCH3 is 1. The van der Waals surface area contributed by atoms with Crippen LogP contribution in [-0.2, 0) is 12.8 Å². The highest BCUT2D eigenvalue weighted by Crippen LogP contribution is 2.23. The van der Waals surface area contributed by atoms with Gasteiger partial charge in [0.15, 0.2) is 6.23 Å². The number of aryl methyl sites for hydroxylation is 2. The van der Waals surface area contributed by atoms with Crippen LogP contribution in [0.2, 0.25) is 0 Å². The van der Waals surface area contributed by atoms with Gasteiger partial charge in [-0.15, -0.1) is 0 Å². The molecule has 3 nitrogen and oxygen atoms in total. The summed E-state index contributed by atoms with van der Waals surface area (Å²) < 4.78 is 11.4. The van der Waals surface area contributed by atoms with Gasteiger partial charge in [-0.3, -0.25) is 4.90 Å². The summed E-state index contributed by atoms with van der Waals surface area (Å²) in [4.78, 5) is 2.05. The van der Waals surface area contributed by atoms with Crippen molar-refractivity contribution in [1.29, 1.82) is 0 Å². The van der Waals surface area contributed by atoms with Crippen molar-refractivity contribution in [3.05, 3.63) is 66.1 Å². The molecule has 0 unspecified atom stereocenters. The zero-order chi connectivity index (χ0) is 16.7. The number of para-hydroxylation sites is 1. The van der Waals surface area contributed by atoms with Crippen molar-refractivity contribution in [2.45, 2.75) is 26.0 Å². The number of rotatable bonds is 8. The second-order valence-electron chi connectivity index (χ2n) is 5.76. The maximum Gasteiger partial charge on any atom is 0.155 e. The van der Waals surface area contributed by atoms with E-state index in [9.17, 15) is 0 Å². The van der Waals surface area contributed by atoms with Crippen LogP contribution >= 0.6 is 0 Å². The number of nitrogens with zero attached hydrogens (tertiary/aromatic N) is 1. The minimum absolute atomic E-state index is 0.0204. The molecule has 0 aromatic heterocycles. The zero-order valence-electron chi connectivity index (χ0n) is 14.5. The first kappa shape index (κ1) is 17.4. The number of benzene rings is 2. The van der Waals surface area contributed by atoms with Crippen LogP contribution in [-0.4, -0.2) is 32.3 Å². The number of ether oxygens (including phenoxy) is 2. The van der Waals surface area contributed by atoms with Crippen LogP contribution in [0.1, 0.15) is 18.1 Å². The van der Waals surface area contributed by atoms with Crippen molar-refractivity contribution in [2.75, 3.05) is 21.2 Å². The highest BCUT2D eigenvalue weighted by atomic mass is 16.5. The predicted molar refractivity (Wildman–Crippen MR) is 94.9 cm³/mol. The Labute approximate surface area is 139 Å². The third-order valence-corrected chi connectivity index (χ3v) is 3.83. The predicted octanol–water partition coefficient (Wildman–Crippen LogP) is 3.97. The average molecular weight is 312 g/mol. The highest BCUT2D eigenvalue weighted by Gasteiger charge is 2.13. The van der Waals surface area contributed by atoms with E-state index in [4.69, 9.17) is 9.47 Å². The van der Waals surface area contributed by atoms with Crippen molar-refractivity contribution in [1.82, 2.24) is 4.90 Å². The molecule has 0 saturated heterocycles. The Hall–Kier alpha value is -2.00. The molecular weight excluding hydrogens is 286 g/mol. The minimum atomic E-state index is -0.0204. The Kier molecular flexibility index (Phi) is 6.48. The molecule has 2 aromatic carbocycles. The molecule has 1 atom stereocenters. The van der Waals surface area contributed by atoms with Gasteiger partial charge in [0.2, 0.25) is 0 Å². The van der Waals surface area contributed by atoms with Crippen LogP contribution in [0.15, 0.2) is 48.5 Å². The van der Waals surface area contributed by atoms with Gasteiger partial charge >= 0.3 is 0 Å². The first-order chi connectivity index (χ1) is 11.1. The smallest absolute Gasteiger partial charge is 0.155 e. The van der Waals surface area contributed by atoms with E-state index >= 15 is 0 Å². The summed E-state index contributed by atoms with van der Waals surface area (Å²) >= 11 is 0. The molecule has 0 bridgehead atoms. The molecule has 1 radical (unpaired) electrons. The number of hydrogen-bond acceptors (Lipinski definition) is 3. The van der Waals surface area contributed by atoms with Gasteiger partial charge in [-0.05, 0) is 56.3 Å². The summed E-state index contributed by atoms with van der Waals surface area (Å²) in [7, 11) is 5.73. The van der Waals surface area contributed by atoms with E-state index in [0.29, 0.717) is 0 Å². The van der Waals surface area contributed by atoms with Crippen LogP contribution in [0.25, 0.3) is 0 Å². The third-order valence-electron chi connectivity index (χ3n) is 3.83. The molecule has 0 heterocycles. The van der Waals surface area contributed by atoms with E-state index in [-0.39, 0.29) is 6.23 Å². The molecule has 3 heteroatoms. The first-order valence-corrected chi connectivity index (χ1v) is 7.97. The van der Waals surface area contributed by atoms with Crippen LogP contribution in [0, 0.1) is 6.42 Å². The summed E-state index contributed by atoms with van der Waals surface area (Å²) in [6, 6.07) is 16.5. The molecule has 0 aliphatic carbocycles. The SMILES string of the molecule is C[CH][C@H](Oc1ccccc1CCc1cccc(OC)c1)N(C)C. The van der Waals surface area contributed by atoms with Crippen LogP contribution < -0.4 is 9.47 Å². The molecule has 0 amide bonds. The summed E-state index contributed by atoms with van der Waals surface area (Å²) in [5.74, 6) is 1.85. The number of hydrogen-bond donors (Lipinski definition) is 0. The normalized spacial score (nSPS) is 12.2. The summed E-state index contributed by atoms with van der Waals surface area (Å²) in [6.07, 6.45) is 3.93. The Morgan fingerprint density at radius 2 is 1.83 bits per heavy atom. The topological polar surface area (TPSA) is 21.7 Å². The largest absolute Gasteiger partial charge is 0.497 e. The lowest BCUT2D eigenvalue weighted by atomic mass is 10.0. The van der Waals surface area contributed by atoms with Crippen molar-refractivity contribution in [2.24, 2.45) is 0 Å². The van der Waals surface area contributed by atoms with Crippen molar-refractivity contribution in [3.63, 3.8) is 0 Å². The molecule has 0 saturated carbocycles. The second-order valence-corrected chi connectivity index (χ2v) is 5.76. The van der Waals surface area contributed by atoms with E-state index in [0.717, 1.165) is 24.3 Å².